The quantitative estimate of drug-likeness (QED) is 0.875. The maximum atomic E-state index is 11.6. The van der Waals surface area contributed by atoms with Gasteiger partial charge in [-0.15, -0.1) is 0 Å². The van der Waals surface area contributed by atoms with E-state index in [0.717, 1.165) is 0 Å². The van der Waals surface area contributed by atoms with Crippen LogP contribution in [-0.4, -0.2) is 29.8 Å². The Bertz CT molecular complexity index is 424. The molecule has 0 radical (unpaired) electrons. The molecule has 1 amide bonds. The molecular weight excluding hydrogens is 277 g/mol. The highest BCUT2D eigenvalue weighted by Gasteiger charge is 2.15. The largest absolute Gasteiger partial charge is 0.481 e. The van der Waals surface area contributed by atoms with Crippen molar-refractivity contribution in [1.29, 1.82) is 0 Å². The number of carbonyl (C=O) groups excluding carboxylic acids is 1. The summed E-state index contributed by atoms with van der Waals surface area (Å²) in [6.45, 7) is 3.39. The van der Waals surface area contributed by atoms with Crippen molar-refractivity contribution in [2.45, 2.75) is 26.1 Å². The zero-order valence-electron chi connectivity index (χ0n) is 10.1. The third kappa shape index (κ3) is 4.72. The highest BCUT2D eigenvalue weighted by atomic mass is 35.5. The first-order chi connectivity index (χ1) is 8.40. The van der Waals surface area contributed by atoms with Crippen molar-refractivity contribution in [2.75, 3.05) is 6.54 Å². The van der Waals surface area contributed by atoms with Crippen molar-refractivity contribution in [1.82, 2.24) is 5.32 Å². The summed E-state index contributed by atoms with van der Waals surface area (Å²) in [5.74, 6) is 0.158. The van der Waals surface area contributed by atoms with Crippen LogP contribution in [0.3, 0.4) is 0 Å². The second-order valence-corrected chi connectivity index (χ2v) is 4.74. The second-order valence-electron chi connectivity index (χ2n) is 3.93. The standard InChI is InChI=1S/C12H15Cl2NO3/c1-7(16)6-15-12(17)8(2)18-9-3-4-10(13)11(14)5-9/h3-5,7-8,16H,6H2,1-2H3,(H,15,17). The van der Waals surface area contributed by atoms with Gasteiger partial charge in [0, 0.05) is 12.6 Å². The number of ether oxygens (including phenoxy) is 1. The van der Waals surface area contributed by atoms with E-state index in [2.05, 4.69) is 5.32 Å². The smallest absolute Gasteiger partial charge is 0.260 e. The zero-order valence-corrected chi connectivity index (χ0v) is 11.6. The first-order valence-corrected chi connectivity index (χ1v) is 6.23. The zero-order chi connectivity index (χ0) is 13.7. The molecule has 0 bridgehead atoms. The molecule has 1 aromatic rings. The first-order valence-electron chi connectivity index (χ1n) is 5.47. The molecule has 0 fully saturated rings. The molecule has 0 aromatic heterocycles. The van der Waals surface area contributed by atoms with Gasteiger partial charge in [-0.2, -0.15) is 0 Å². The number of nitrogens with one attached hydrogen (secondary N) is 1. The summed E-state index contributed by atoms with van der Waals surface area (Å²) in [5, 5.41) is 12.4. The van der Waals surface area contributed by atoms with Crippen LogP contribution in [0.1, 0.15) is 13.8 Å². The van der Waals surface area contributed by atoms with Crippen molar-refractivity contribution in [2.24, 2.45) is 0 Å². The lowest BCUT2D eigenvalue weighted by atomic mass is 10.3. The van der Waals surface area contributed by atoms with E-state index in [1.165, 1.54) is 0 Å². The highest BCUT2D eigenvalue weighted by Crippen LogP contribution is 2.26. The van der Waals surface area contributed by atoms with Crippen molar-refractivity contribution < 1.29 is 14.6 Å². The molecule has 0 spiro atoms. The molecule has 0 aliphatic rings. The third-order valence-corrected chi connectivity index (χ3v) is 2.88. The molecule has 2 N–H and O–H groups in total. The summed E-state index contributed by atoms with van der Waals surface area (Å²) in [7, 11) is 0. The van der Waals surface area contributed by atoms with Gasteiger partial charge in [-0.1, -0.05) is 23.2 Å². The molecule has 0 aliphatic heterocycles. The molecule has 0 heterocycles. The van der Waals surface area contributed by atoms with E-state index in [-0.39, 0.29) is 12.5 Å². The van der Waals surface area contributed by atoms with Crippen LogP contribution in [0.15, 0.2) is 18.2 Å². The van der Waals surface area contributed by atoms with Gasteiger partial charge in [-0.3, -0.25) is 4.79 Å². The van der Waals surface area contributed by atoms with Gasteiger partial charge in [-0.25, -0.2) is 0 Å². The minimum absolute atomic E-state index is 0.188. The Balaban J connectivity index is 2.55. The summed E-state index contributed by atoms with van der Waals surface area (Å²) in [5.41, 5.74) is 0. The number of halogens is 2. The van der Waals surface area contributed by atoms with Gasteiger partial charge in [0.15, 0.2) is 6.10 Å². The second kappa shape index (κ2) is 6.83. The average molecular weight is 292 g/mol. The number of benzene rings is 1. The van der Waals surface area contributed by atoms with Crippen molar-refractivity contribution in [3.63, 3.8) is 0 Å². The van der Waals surface area contributed by atoms with Gasteiger partial charge in [0.1, 0.15) is 5.75 Å². The first kappa shape index (κ1) is 15.1. The van der Waals surface area contributed by atoms with Crippen LogP contribution < -0.4 is 10.1 Å². The molecule has 100 valence electrons. The minimum atomic E-state index is -0.680. The van der Waals surface area contributed by atoms with E-state index in [1.807, 2.05) is 0 Å². The summed E-state index contributed by atoms with van der Waals surface area (Å²) in [4.78, 5) is 11.6. The number of hydrogen-bond acceptors (Lipinski definition) is 3. The summed E-state index contributed by atoms with van der Waals surface area (Å²) in [6.07, 6.45) is -1.27. The van der Waals surface area contributed by atoms with Crippen LogP contribution in [0, 0.1) is 0 Å². The Morgan fingerprint density at radius 3 is 2.61 bits per heavy atom. The van der Waals surface area contributed by atoms with Gasteiger partial charge in [0.05, 0.1) is 16.1 Å². The van der Waals surface area contributed by atoms with Crippen LogP contribution in [0.5, 0.6) is 5.75 Å². The molecule has 0 saturated heterocycles. The Hall–Kier alpha value is -0.970. The minimum Gasteiger partial charge on any atom is -0.481 e. The average Bonchev–Trinajstić information content (AvgIpc) is 2.30. The molecule has 0 aliphatic carbocycles. The lowest BCUT2D eigenvalue weighted by Crippen LogP contribution is -2.39. The van der Waals surface area contributed by atoms with E-state index in [4.69, 9.17) is 33.0 Å². The monoisotopic (exact) mass is 291 g/mol. The number of aliphatic hydroxyl groups is 1. The number of aliphatic hydroxyl groups excluding tert-OH is 1. The normalized spacial score (nSPS) is 13.8. The maximum absolute atomic E-state index is 11.6. The number of rotatable bonds is 5. The van der Waals surface area contributed by atoms with Crippen LogP contribution in [-0.2, 0) is 4.79 Å². The van der Waals surface area contributed by atoms with E-state index < -0.39 is 12.2 Å². The van der Waals surface area contributed by atoms with Crippen LogP contribution in [0.2, 0.25) is 10.0 Å². The van der Waals surface area contributed by atoms with E-state index in [0.29, 0.717) is 15.8 Å². The number of hydrogen-bond donors (Lipinski definition) is 2. The predicted molar refractivity (Wildman–Crippen MR) is 71.2 cm³/mol. The Morgan fingerprint density at radius 2 is 2.06 bits per heavy atom. The molecular formula is C12H15Cl2NO3. The van der Waals surface area contributed by atoms with E-state index in [1.54, 1.807) is 32.0 Å². The fraction of sp³-hybridized carbons (Fsp3) is 0.417. The van der Waals surface area contributed by atoms with Gasteiger partial charge >= 0.3 is 0 Å². The fourth-order valence-corrected chi connectivity index (χ4v) is 1.49. The number of carbonyl (C=O) groups is 1. The summed E-state index contributed by atoms with van der Waals surface area (Å²) < 4.78 is 5.41. The van der Waals surface area contributed by atoms with E-state index >= 15 is 0 Å². The molecule has 4 nitrogen and oxygen atoms in total. The van der Waals surface area contributed by atoms with Gasteiger partial charge in [-0.05, 0) is 26.0 Å². The molecule has 2 atom stereocenters. The fourth-order valence-electron chi connectivity index (χ4n) is 1.20. The van der Waals surface area contributed by atoms with E-state index in [9.17, 15) is 4.79 Å². The Kier molecular flexibility index (Phi) is 5.72. The van der Waals surface area contributed by atoms with Crippen molar-refractivity contribution in [3.05, 3.63) is 28.2 Å². The topological polar surface area (TPSA) is 58.6 Å². The molecule has 1 aromatic carbocycles. The predicted octanol–water partition coefficient (Wildman–Crippen LogP) is 2.26. The highest BCUT2D eigenvalue weighted by molar-refractivity contribution is 6.42. The molecule has 6 heteroatoms. The number of amides is 1. The van der Waals surface area contributed by atoms with Crippen LogP contribution in [0.25, 0.3) is 0 Å². The molecule has 2 unspecified atom stereocenters. The Labute approximate surface area is 116 Å². The SMILES string of the molecule is CC(O)CNC(=O)C(C)Oc1ccc(Cl)c(Cl)c1. The maximum Gasteiger partial charge on any atom is 0.260 e. The van der Waals surface area contributed by atoms with Gasteiger partial charge in [0.2, 0.25) is 0 Å². The van der Waals surface area contributed by atoms with Crippen LogP contribution >= 0.6 is 23.2 Å². The van der Waals surface area contributed by atoms with Crippen LogP contribution in [0.4, 0.5) is 0 Å². The molecule has 1 rings (SSSR count). The lowest BCUT2D eigenvalue weighted by Gasteiger charge is -2.15. The molecule has 18 heavy (non-hydrogen) atoms. The summed E-state index contributed by atoms with van der Waals surface area (Å²) >= 11 is 11.6. The lowest BCUT2D eigenvalue weighted by molar-refractivity contribution is -0.127. The molecule has 0 saturated carbocycles. The van der Waals surface area contributed by atoms with Crippen molar-refractivity contribution >= 4 is 29.1 Å². The Morgan fingerprint density at radius 1 is 1.39 bits per heavy atom. The van der Waals surface area contributed by atoms with Gasteiger partial charge in [0.25, 0.3) is 5.91 Å². The summed E-state index contributed by atoms with van der Waals surface area (Å²) in [6, 6.07) is 4.77. The van der Waals surface area contributed by atoms with Crippen molar-refractivity contribution in [3.8, 4) is 5.75 Å². The van der Waals surface area contributed by atoms with Gasteiger partial charge < -0.3 is 15.2 Å². The third-order valence-electron chi connectivity index (χ3n) is 2.14.